The van der Waals surface area contributed by atoms with Gasteiger partial charge in [0.1, 0.15) is 7.85 Å². The quantitative estimate of drug-likeness (QED) is 0.169. The maximum absolute atomic E-state index is 6.12. The van der Waals surface area contributed by atoms with E-state index in [1.165, 1.54) is 49.8 Å². The molecule has 2 heteroatoms. The van der Waals surface area contributed by atoms with Gasteiger partial charge in [0.25, 0.3) is 0 Å². The van der Waals surface area contributed by atoms with Gasteiger partial charge in [-0.2, -0.15) is 0 Å². The molecule has 0 N–H and O–H groups in total. The number of nitrogens with zero attached hydrogens (tertiary/aromatic N) is 1. The maximum atomic E-state index is 6.12. The molecule has 1 nitrogen and oxygen atoms in total. The van der Waals surface area contributed by atoms with Gasteiger partial charge in [-0.3, -0.25) is 0 Å². The average molecular weight is 509 g/mol. The predicted molar refractivity (Wildman–Crippen MR) is 171 cm³/mol. The summed E-state index contributed by atoms with van der Waals surface area (Å²) in [5.74, 6) is 0. The van der Waals surface area contributed by atoms with Crippen molar-refractivity contribution in [2.45, 2.75) is 12.5 Å². The topological polar surface area (TPSA) is 3.24 Å². The molecule has 1 aliphatic rings. The maximum Gasteiger partial charge on any atom is 0.113 e. The number of fused-ring (bicyclic) bond motifs is 2. The Hall–Kier alpha value is -4.82. The molecule has 188 valence electrons. The summed E-state index contributed by atoms with van der Waals surface area (Å²) in [4.78, 5) is 2.51. The Morgan fingerprint density at radius 3 is 1.68 bits per heavy atom. The zero-order chi connectivity index (χ0) is 27.1. The van der Waals surface area contributed by atoms with Gasteiger partial charge in [-0.25, -0.2) is 0 Å². The Balaban J connectivity index is 1.65. The fraction of sp³-hybridized carbons (Fsp3) is 0.0526. The number of anilines is 2. The van der Waals surface area contributed by atoms with E-state index in [0.717, 1.165) is 23.1 Å². The van der Waals surface area contributed by atoms with Crippen LogP contribution in [-0.4, -0.2) is 7.85 Å². The van der Waals surface area contributed by atoms with Crippen LogP contribution in [0.25, 0.3) is 33.0 Å². The summed E-state index contributed by atoms with van der Waals surface area (Å²) in [6.07, 6.45) is 0.780. The van der Waals surface area contributed by atoms with Crippen molar-refractivity contribution in [2.75, 3.05) is 4.90 Å². The zero-order valence-electron chi connectivity index (χ0n) is 22.3. The van der Waals surface area contributed by atoms with Crippen molar-refractivity contribution in [1.29, 1.82) is 0 Å². The van der Waals surface area contributed by atoms with E-state index < -0.39 is 0 Å². The summed E-state index contributed by atoms with van der Waals surface area (Å²) >= 11 is 0. The van der Waals surface area contributed by atoms with Crippen LogP contribution >= 0.6 is 0 Å². The fourth-order valence-electron chi connectivity index (χ4n) is 6.31. The van der Waals surface area contributed by atoms with E-state index in [-0.39, 0.29) is 6.04 Å². The van der Waals surface area contributed by atoms with Crippen LogP contribution in [0.15, 0.2) is 152 Å². The van der Waals surface area contributed by atoms with Crippen LogP contribution in [-0.2, 0) is 6.42 Å². The Labute approximate surface area is 237 Å². The first-order valence-electron chi connectivity index (χ1n) is 13.8. The molecule has 0 aromatic heterocycles. The molecule has 6 aromatic rings. The minimum Gasteiger partial charge on any atom is -0.329 e. The highest BCUT2D eigenvalue weighted by Gasteiger charge is 2.36. The Morgan fingerprint density at radius 1 is 0.575 bits per heavy atom. The van der Waals surface area contributed by atoms with E-state index in [1.54, 1.807) is 0 Å². The molecule has 1 unspecified atom stereocenters. The van der Waals surface area contributed by atoms with E-state index in [9.17, 15) is 0 Å². The summed E-state index contributed by atoms with van der Waals surface area (Å²) < 4.78 is 0. The second-order valence-electron chi connectivity index (χ2n) is 10.5. The molecular weight excluding hydrogens is 481 g/mol. The fourth-order valence-corrected chi connectivity index (χ4v) is 6.31. The third kappa shape index (κ3) is 4.05. The van der Waals surface area contributed by atoms with Crippen molar-refractivity contribution >= 4 is 35.5 Å². The molecule has 7 rings (SSSR count). The van der Waals surface area contributed by atoms with E-state index >= 15 is 0 Å². The van der Waals surface area contributed by atoms with Crippen LogP contribution in [0.1, 0.15) is 17.2 Å². The molecule has 0 aliphatic carbocycles. The van der Waals surface area contributed by atoms with Gasteiger partial charge in [0.2, 0.25) is 0 Å². The minimum absolute atomic E-state index is 0.0391. The molecule has 0 saturated carbocycles. The molecule has 40 heavy (non-hydrogen) atoms. The lowest BCUT2D eigenvalue weighted by atomic mass is 9.78. The Kier molecular flexibility index (Phi) is 6.09. The van der Waals surface area contributed by atoms with Crippen LogP contribution in [0.5, 0.6) is 0 Å². The van der Waals surface area contributed by atoms with Crippen LogP contribution < -0.4 is 10.4 Å². The highest BCUT2D eigenvalue weighted by molar-refractivity contribution is 6.32. The van der Waals surface area contributed by atoms with Gasteiger partial charge in [0.05, 0.1) is 11.7 Å². The van der Waals surface area contributed by atoms with Gasteiger partial charge in [0, 0.05) is 11.3 Å². The third-order valence-electron chi connectivity index (χ3n) is 7.99. The largest absolute Gasteiger partial charge is 0.329 e. The SMILES string of the molecule is [B]c1ccc(C2C(=C)Cc3c(c(-c4ccccc4)c4ccccc4c3-c3ccccc3)N2c2ccccc2)cc1. The van der Waals surface area contributed by atoms with Crippen LogP contribution in [0.3, 0.4) is 0 Å². The van der Waals surface area contributed by atoms with Gasteiger partial charge in [0.15, 0.2) is 0 Å². The highest BCUT2D eigenvalue weighted by atomic mass is 15.2. The molecule has 2 radical (unpaired) electrons. The second-order valence-corrected chi connectivity index (χ2v) is 10.5. The van der Waals surface area contributed by atoms with Crippen molar-refractivity contribution in [2.24, 2.45) is 0 Å². The number of para-hydroxylation sites is 1. The summed E-state index contributed by atoms with van der Waals surface area (Å²) in [5, 5.41) is 2.51. The molecule has 6 aromatic carbocycles. The molecule has 0 saturated heterocycles. The standard InChI is InChI=1S/C38H28BN/c1-26-25-34-35(27-13-5-2-6-14-27)32-19-11-12-20-33(32)36(28-15-7-3-8-16-28)38(34)40(31-17-9-4-10-18-31)37(26)29-21-23-30(39)24-22-29/h2-24,37H,1,25H2. The number of benzene rings is 6. The van der Waals surface area contributed by atoms with Crippen molar-refractivity contribution in [3.63, 3.8) is 0 Å². The number of rotatable bonds is 4. The highest BCUT2D eigenvalue weighted by Crippen LogP contribution is 2.55. The molecule has 0 fully saturated rings. The molecule has 1 aliphatic heterocycles. The first kappa shape index (κ1) is 24.2. The van der Waals surface area contributed by atoms with Gasteiger partial charge in [-0.15, -0.1) is 0 Å². The monoisotopic (exact) mass is 509 g/mol. The minimum atomic E-state index is -0.0391. The first-order valence-corrected chi connectivity index (χ1v) is 13.8. The molecule has 1 heterocycles. The molecule has 0 amide bonds. The zero-order valence-corrected chi connectivity index (χ0v) is 22.3. The van der Waals surface area contributed by atoms with E-state index in [1.807, 2.05) is 12.1 Å². The molecular formula is C38H28BN. The summed E-state index contributed by atoms with van der Waals surface area (Å²) in [7, 11) is 6.12. The lowest BCUT2D eigenvalue weighted by Crippen LogP contribution is -2.32. The Bertz CT molecular complexity index is 1820. The van der Waals surface area contributed by atoms with E-state index in [2.05, 4.69) is 132 Å². The van der Waals surface area contributed by atoms with Crippen LogP contribution in [0, 0.1) is 0 Å². The predicted octanol–water partition coefficient (Wildman–Crippen LogP) is 8.96. The van der Waals surface area contributed by atoms with Crippen molar-refractivity contribution < 1.29 is 0 Å². The lowest BCUT2D eigenvalue weighted by Gasteiger charge is -2.43. The molecule has 1 atom stereocenters. The number of hydrogen-bond donors (Lipinski definition) is 0. The number of hydrogen-bond acceptors (Lipinski definition) is 1. The van der Waals surface area contributed by atoms with E-state index in [0.29, 0.717) is 0 Å². The first-order chi connectivity index (χ1) is 19.7. The third-order valence-corrected chi connectivity index (χ3v) is 7.99. The summed E-state index contributed by atoms with van der Waals surface area (Å²) in [6, 6.07) is 49.4. The smallest absolute Gasteiger partial charge is 0.113 e. The van der Waals surface area contributed by atoms with Crippen molar-refractivity contribution in [3.05, 3.63) is 163 Å². The van der Waals surface area contributed by atoms with Crippen LogP contribution in [0.4, 0.5) is 11.4 Å². The van der Waals surface area contributed by atoms with Crippen molar-refractivity contribution in [3.8, 4) is 22.3 Å². The summed E-state index contributed by atoms with van der Waals surface area (Å²) in [6.45, 7) is 4.71. The van der Waals surface area contributed by atoms with E-state index in [4.69, 9.17) is 14.4 Å². The summed E-state index contributed by atoms with van der Waals surface area (Å²) in [5.41, 5.74) is 11.8. The lowest BCUT2D eigenvalue weighted by molar-refractivity contribution is 0.748. The second kappa shape index (κ2) is 10.1. The van der Waals surface area contributed by atoms with Crippen LogP contribution in [0.2, 0.25) is 0 Å². The van der Waals surface area contributed by atoms with Gasteiger partial charge in [-0.05, 0) is 62.7 Å². The average Bonchev–Trinajstić information content (AvgIpc) is 3.01. The van der Waals surface area contributed by atoms with Gasteiger partial charge < -0.3 is 4.90 Å². The molecule has 0 bridgehead atoms. The van der Waals surface area contributed by atoms with Gasteiger partial charge >= 0.3 is 0 Å². The van der Waals surface area contributed by atoms with Gasteiger partial charge in [-0.1, -0.05) is 139 Å². The van der Waals surface area contributed by atoms with Crippen molar-refractivity contribution in [1.82, 2.24) is 0 Å². The molecule has 0 spiro atoms. The Morgan fingerprint density at radius 2 is 1.07 bits per heavy atom. The normalized spacial score (nSPS) is 14.8.